The molecular formula is C23H25BrO3. The Morgan fingerprint density at radius 1 is 0.889 bits per heavy atom. The smallest absolute Gasteiger partial charge is 0.179 e. The van der Waals surface area contributed by atoms with Crippen LogP contribution >= 0.6 is 15.9 Å². The summed E-state index contributed by atoms with van der Waals surface area (Å²) >= 11 is 3.46. The lowest BCUT2D eigenvalue weighted by atomic mass is 9.73. The Morgan fingerprint density at radius 3 is 1.93 bits per heavy atom. The van der Waals surface area contributed by atoms with Gasteiger partial charge in [0.05, 0.1) is 0 Å². The van der Waals surface area contributed by atoms with E-state index in [4.69, 9.17) is 4.74 Å². The van der Waals surface area contributed by atoms with Crippen molar-refractivity contribution in [2.24, 2.45) is 0 Å². The Kier molecular flexibility index (Phi) is 5.17. The van der Waals surface area contributed by atoms with Crippen molar-refractivity contribution in [3.05, 3.63) is 58.1 Å². The quantitative estimate of drug-likeness (QED) is 0.607. The molecule has 0 aromatic heterocycles. The molecule has 27 heavy (non-hydrogen) atoms. The standard InChI is InChI=1S/C23H25BrO3/c1-6-14-7-8-16(15-9-11-17(24)12-10-15)13-18(14)19-20(25)22(2,3)27-23(4,5)21(19)26/h7-13,19H,6H2,1-5H3. The van der Waals surface area contributed by atoms with Gasteiger partial charge in [-0.1, -0.05) is 47.1 Å². The van der Waals surface area contributed by atoms with Crippen molar-refractivity contribution in [3.8, 4) is 11.1 Å². The fourth-order valence-electron chi connectivity index (χ4n) is 3.84. The summed E-state index contributed by atoms with van der Waals surface area (Å²) in [5.74, 6) is -1.14. The molecule has 1 saturated heterocycles. The van der Waals surface area contributed by atoms with E-state index in [0.29, 0.717) is 0 Å². The van der Waals surface area contributed by atoms with Gasteiger partial charge in [0, 0.05) is 4.47 Å². The highest BCUT2D eigenvalue weighted by Crippen LogP contribution is 2.40. The van der Waals surface area contributed by atoms with Crippen LogP contribution in [0.25, 0.3) is 11.1 Å². The molecule has 4 heteroatoms. The van der Waals surface area contributed by atoms with Crippen molar-refractivity contribution in [3.63, 3.8) is 0 Å². The molecule has 2 aromatic rings. The third-order valence-electron chi connectivity index (χ3n) is 5.24. The molecule has 3 nitrogen and oxygen atoms in total. The van der Waals surface area contributed by atoms with Crippen LogP contribution in [0.15, 0.2) is 46.9 Å². The Balaban J connectivity index is 2.16. The highest BCUT2D eigenvalue weighted by Gasteiger charge is 2.53. The molecule has 0 saturated carbocycles. The molecule has 1 heterocycles. The first-order chi connectivity index (χ1) is 12.6. The number of halogens is 1. The van der Waals surface area contributed by atoms with Gasteiger partial charge in [0.2, 0.25) is 0 Å². The molecule has 1 aliphatic heterocycles. The second-order valence-electron chi connectivity index (χ2n) is 8.06. The van der Waals surface area contributed by atoms with Crippen molar-refractivity contribution in [2.75, 3.05) is 0 Å². The second kappa shape index (κ2) is 6.99. The predicted octanol–water partition coefficient (Wildman–Crippen LogP) is 5.49. The topological polar surface area (TPSA) is 43.4 Å². The molecule has 2 aromatic carbocycles. The predicted molar refractivity (Wildman–Crippen MR) is 111 cm³/mol. The first-order valence-corrected chi connectivity index (χ1v) is 10.0. The molecule has 1 aliphatic rings. The summed E-state index contributed by atoms with van der Waals surface area (Å²) < 4.78 is 6.84. The lowest BCUT2D eigenvalue weighted by Crippen LogP contribution is -2.58. The maximum Gasteiger partial charge on any atom is 0.179 e. The summed E-state index contributed by atoms with van der Waals surface area (Å²) in [6.07, 6.45) is 0.759. The average Bonchev–Trinajstić information content (AvgIpc) is 2.60. The summed E-state index contributed by atoms with van der Waals surface area (Å²) in [5.41, 5.74) is 1.87. The number of carbonyl (C=O) groups excluding carboxylic acids is 2. The van der Waals surface area contributed by atoms with Gasteiger partial charge in [-0.05, 0) is 74.6 Å². The van der Waals surface area contributed by atoms with E-state index in [1.54, 1.807) is 27.7 Å². The Labute approximate surface area is 169 Å². The second-order valence-corrected chi connectivity index (χ2v) is 8.97. The molecule has 1 fully saturated rings. The molecule has 0 atom stereocenters. The molecule has 0 spiro atoms. The van der Waals surface area contributed by atoms with Crippen molar-refractivity contribution in [1.29, 1.82) is 0 Å². The van der Waals surface area contributed by atoms with Gasteiger partial charge in [0.1, 0.15) is 17.1 Å². The van der Waals surface area contributed by atoms with Crippen LogP contribution in [0.5, 0.6) is 0 Å². The summed E-state index contributed by atoms with van der Waals surface area (Å²) in [6, 6.07) is 14.1. The van der Waals surface area contributed by atoms with Crippen molar-refractivity contribution >= 4 is 27.5 Å². The fraction of sp³-hybridized carbons (Fsp3) is 0.391. The monoisotopic (exact) mass is 428 g/mol. The van der Waals surface area contributed by atoms with Crippen LogP contribution in [0.2, 0.25) is 0 Å². The zero-order valence-electron chi connectivity index (χ0n) is 16.4. The van der Waals surface area contributed by atoms with Crippen molar-refractivity contribution in [1.82, 2.24) is 0 Å². The van der Waals surface area contributed by atoms with Crippen LogP contribution in [0.1, 0.15) is 51.7 Å². The number of rotatable bonds is 3. The van der Waals surface area contributed by atoms with Gasteiger partial charge in [-0.15, -0.1) is 0 Å². The van der Waals surface area contributed by atoms with Gasteiger partial charge in [-0.3, -0.25) is 9.59 Å². The largest absolute Gasteiger partial charge is 0.354 e. The first-order valence-electron chi connectivity index (χ1n) is 9.24. The van der Waals surface area contributed by atoms with E-state index in [1.165, 1.54) is 0 Å². The minimum Gasteiger partial charge on any atom is -0.354 e. The average molecular weight is 429 g/mol. The summed E-state index contributed by atoms with van der Waals surface area (Å²) in [5, 5.41) is 0. The molecule has 0 radical (unpaired) electrons. The van der Waals surface area contributed by atoms with E-state index in [0.717, 1.165) is 33.1 Å². The number of carbonyl (C=O) groups is 2. The zero-order chi connectivity index (χ0) is 20.0. The van der Waals surface area contributed by atoms with Crippen LogP contribution in [0, 0.1) is 0 Å². The maximum atomic E-state index is 13.2. The molecule has 3 rings (SSSR count). The number of benzene rings is 2. The lowest BCUT2D eigenvalue weighted by molar-refractivity contribution is -0.184. The normalized spacial score (nSPS) is 19.3. The molecular weight excluding hydrogens is 404 g/mol. The van der Waals surface area contributed by atoms with Crippen molar-refractivity contribution < 1.29 is 14.3 Å². The van der Waals surface area contributed by atoms with Crippen LogP contribution in [-0.4, -0.2) is 22.8 Å². The number of aryl methyl sites for hydroxylation is 1. The molecule has 0 N–H and O–H groups in total. The lowest BCUT2D eigenvalue weighted by Gasteiger charge is -2.43. The van der Waals surface area contributed by atoms with Gasteiger partial charge in [0.15, 0.2) is 11.6 Å². The number of Topliss-reactive ketones (excluding diaryl/α,β-unsaturated/α-hetero) is 2. The van der Waals surface area contributed by atoms with E-state index in [1.807, 2.05) is 43.3 Å². The minimum atomic E-state index is -0.999. The summed E-state index contributed by atoms with van der Waals surface area (Å²) in [7, 11) is 0. The molecule has 0 bridgehead atoms. The van der Waals surface area contributed by atoms with E-state index >= 15 is 0 Å². The third kappa shape index (κ3) is 3.65. The SMILES string of the molecule is CCc1ccc(-c2ccc(Br)cc2)cc1C1C(=O)C(C)(C)OC(C)(C)C1=O. The maximum absolute atomic E-state index is 13.2. The fourth-order valence-corrected chi connectivity index (χ4v) is 4.11. The first kappa shape index (κ1) is 20.0. The third-order valence-corrected chi connectivity index (χ3v) is 5.77. The van der Waals surface area contributed by atoms with E-state index in [-0.39, 0.29) is 11.6 Å². The van der Waals surface area contributed by atoms with E-state index < -0.39 is 17.1 Å². The zero-order valence-corrected chi connectivity index (χ0v) is 18.0. The molecule has 0 unspecified atom stereocenters. The number of ketones is 2. The van der Waals surface area contributed by atoms with Gasteiger partial charge in [0.25, 0.3) is 0 Å². The van der Waals surface area contributed by atoms with Gasteiger partial charge < -0.3 is 4.74 Å². The van der Waals surface area contributed by atoms with Crippen LogP contribution < -0.4 is 0 Å². The molecule has 142 valence electrons. The van der Waals surface area contributed by atoms with Crippen LogP contribution in [0.3, 0.4) is 0 Å². The Bertz CT molecular complexity index is 868. The summed E-state index contributed by atoms with van der Waals surface area (Å²) in [4.78, 5) is 26.3. The van der Waals surface area contributed by atoms with Crippen molar-refractivity contribution in [2.45, 2.75) is 58.2 Å². The highest BCUT2D eigenvalue weighted by molar-refractivity contribution is 9.10. The number of ether oxygens (including phenoxy) is 1. The Morgan fingerprint density at radius 2 is 1.41 bits per heavy atom. The van der Waals surface area contributed by atoms with E-state index in [2.05, 4.69) is 22.0 Å². The molecule has 0 amide bonds. The highest BCUT2D eigenvalue weighted by atomic mass is 79.9. The number of hydrogen-bond donors (Lipinski definition) is 0. The van der Waals surface area contributed by atoms with Crippen LogP contribution in [-0.2, 0) is 20.7 Å². The van der Waals surface area contributed by atoms with Crippen LogP contribution in [0.4, 0.5) is 0 Å². The molecule has 0 aliphatic carbocycles. The Hall–Kier alpha value is -1.78. The van der Waals surface area contributed by atoms with Gasteiger partial charge >= 0.3 is 0 Å². The van der Waals surface area contributed by atoms with Gasteiger partial charge in [-0.2, -0.15) is 0 Å². The minimum absolute atomic E-state index is 0.172. The number of hydrogen-bond acceptors (Lipinski definition) is 3. The van der Waals surface area contributed by atoms with Gasteiger partial charge in [-0.25, -0.2) is 0 Å². The van der Waals surface area contributed by atoms with E-state index in [9.17, 15) is 9.59 Å². The summed E-state index contributed by atoms with van der Waals surface area (Å²) in [6.45, 7) is 9.05.